The molecule has 2 aromatic rings. The molecule has 0 radical (unpaired) electrons. The zero-order chi connectivity index (χ0) is 20.9. The molecule has 28 heavy (non-hydrogen) atoms. The normalized spacial score (nSPS) is 11.4. The first-order valence-electron chi connectivity index (χ1n) is 8.62. The molecule has 1 aromatic heterocycles. The molecule has 0 saturated carbocycles. The summed E-state index contributed by atoms with van der Waals surface area (Å²) >= 11 is 1.27. The van der Waals surface area contributed by atoms with Gasteiger partial charge in [-0.15, -0.1) is 11.3 Å². The number of carbonyl (C=O) groups is 2. The molecule has 8 nitrogen and oxygen atoms in total. The van der Waals surface area contributed by atoms with E-state index in [1.807, 2.05) is 0 Å². The van der Waals surface area contributed by atoms with Gasteiger partial charge in [0.25, 0.3) is 5.91 Å². The Kier molecular flexibility index (Phi) is 7.17. The summed E-state index contributed by atoms with van der Waals surface area (Å²) in [4.78, 5) is 26.2. The molecule has 2 N–H and O–H groups in total. The number of nitrogens with one attached hydrogen (secondary N) is 1. The number of anilines is 1. The van der Waals surface area contributed by atoms with E-state index in [9.17, 15) is 23.1 Å². The first-order valence-corrected chi connectivity index (χ1v) is 10.9. The molecule has 0 unspecified atom stereocenters. The van der Waals surface area contributed by atoms with Gasteiger partial charge in [-0.3, -0.25) is 9.59 Å². The van der Waals surface area contributed by atoms with Gasteiger partial charge in [-0.1, -0.05) is 19.9 Å². The van der Waals surface area contributed by atoms with Crippen LogP contribution < -0.4 is 5.32 Å². The van der Waals surface area contributed by atoms with Crippen LogP contribution in [0.3, 0.4) is 0 Å². The molecule has 0 aliphatic carbocycles. The maximum absolute atomic E-state index is 12.6. The number of benzene rings is 1. The first-order chi connectivity index (χ1) is 13.2. The molecule has 10 heteroatoms. The highest BCUT2D eigenvalue weighted by atomic mass is 32.2. The van der Waals surface area contributed by atoms with E-state index in [2.05, 4.69) is 5.32 Å². The van der Waals surface area contributed by atoms with Crippen molar-refractivity contribution in [2.75, 3.05) is 32.0 Å². The minimum absolute atomic E-state index is 0.0322. The summed E-state index contributed by atoms with van der Waals surface area (Å²) in [6, 6.07) is 7.11. The van der Waals surface area contributed by atoms with Gasteiger partial charge in [0.2, 0.25) is 15.9 Å². The topological polar surface area (TPSA) is 107 Å². The zero-order valence-electron chi connectivity index (χ0n) is 15.9. The molecule has 1 aromatic carbocycles. The van der Waals surface area contributed by atoms with Gasteiger partial charge < -0.3 is 15.3 Å². The molecule has 0 aliphatic heterocycles. The maximum Gasteiger partial charge on any atom is 0.264 e. The van der Waals surface area contributed by atoms with Crippen LogP contribution in [-0.4, -0.2) is 61.2 Å². The van der Waals surface area contributed by atoms with Crippen molar-refractivity contribution in [2.24, 2.45) is 0 Å². The van der Waals surface area contributed by atoms with Crippen molar-refractivity contribution in [3.05, 3.63) is 40.6 Å². The number of amides is 2. The van der Waals surface area contributed by atoms with Crippen LogP contribution in [0.25, 0.3) is 0 Å². The summed E-state index contributed by atoms with van der Waals surface area (Å²) in [6.07, 6.45) is 0. The lowest BCUT2D eigenvalue weighted by Gasteiger charge is -2.19. The first kappa shape index (κ1) is 21.9. The molecular formula is C18H23N3O5S2. The van der Waals surface area contributed by atoms with E-state index in [0.29, 0.717) is 18.0 Å². The molecule has 0 bridgehead atoms. The fourth-order valence-corrected chi connectivity index (χ4v) is 4.76. The van der Waals surface area contributed by atoms with Gasteiger partial charge >= 0.3 is 0 Å². The van der Waals surface area contributed by atoms with Gasteiger partial charge in [-0.2, -0.15) is 4.31 Å². The summed E-state index contributed by atoms with van der Waals surface area (Å²) in [5.41, 5.74) is -0.0322. The third-order valence-electron chi connectivity index (χ3n) is 4.04. The molecule has 152 valence electrons. The predicted octanol–water partition coefficient (Wildman–Crippen LogP) is 2.19. The van der Waals surface area contributed by atoms with E-state index in [-0.39, 0.29) is 28.8 Å². The van der Waals surface area contributed by atoms with E-state index in [4.69, 9.17) is 0 Å². The fraction of sp³-hybridized carbons (Fsp3) is 0.333. The Labute approximate surface area is 168 Å². The van der Waals surface area contributed by atoms with Crippen molar-refractivity contribution in [2.45, 2.75) is 18.7 Å². The fourth-order valence-electron chi connectivity index (χ4n) is 2.55. The Hall–Kier alpha value is -2.43. The summed E-state index contributed by atoms with van der Waals surface area (Å²) in [7, 11) is -2.25. The smallest absolute Gasteiger partial charge is 0.264 e. The molecule has 2 rings (SSSR count). The largest absolute Gasteiger partial charge is 0.506 e. The van der Waals surface area contributed by atoms with Gasteiger partial charge in [0, 0.05) is 20.1 Å². The number of rotatable bonds is 8. The lowest BCUT2D eigenvalue weighted by molar-refractivity contribution is -0.116. The number of hydrogen-bond acceptors (Lipinski definition) is 6. The highest BCUT2D eigenvalue weighted by Crippen LogP contribution is 2.28. The van der Waals surface area contributed by atoms with Crippen molar-refractivity contribution in [3.63, 3.8) is 0 Å². The van der Waals surface area contributed by atoms with Crippen molar-refractivity contribution < 1.29 is 23.1 Å². The van der Waals surface area contributed by atoms with Gasteiger partial charge in [0.15, 0.2) is 0 Å². The average Bonchev–Trinajstić information content (AvgIpc) is 3.18. The van der Waals surface area contributed by atoms with E-state index in [1.165, 1.54) is 45.8 Å². The van der Waals surface area contributed by atoms with Crippen LogP contribution in [0.1, 0.15) is 23.5 Å². The van der Waals surface area contributed by atoms with Crippen molar-refractivity contribution in [3.8, 4) is 5.75 Å². The van der Waals surface area contributed by atoms with Gasteiger partial charge in [-0.25, -0.2) is 8.42 Å². The van der Waals surface area contributed by atoms with Crippen molar-refractivity contribution in [1.29, 1.82) is 0 Å². The average molecular weight is 426 g/mol. The van der Waals surface area contributed by atoms with Crippen LogP contribution >= 0.6 is 11.3 Å². The minimum Gasteiger partial charge on any atom is -0.506 e. The molecule has 2 amide bonds. The van der Waals surface area contributed by atoms with Crippen LogP contribution in [0.15, 0.2) is 40.6 Å². The quantitative estimate of drug-likeness (QED) is 0.631. The van der Waals surface area contributed by atoms with Crippen LogP contribution in [0.2, 0.25) is 0 Å². The number of phenols is 1. The number of phenolic OH excluding ortho intramolecular Hbond substituents is 1. The Morgan fingerprint density at radius 1 is 1.18 bits per heavy atom. The highest BCUT2D eigenvalue weighted by Gasteiger charge is 2.23. The van der Waals surface area contributed by atoms with Gasteiger partial charge in [0.1, 0.15) is 5.75 Å². The number of hydrogen-bond donors (Lipinski definition) is 2. The molecule has 0 atom stereocenters. The standard InChI is InChI=1S/C18H23N3O5S2/c1-4-21(5-2)28(25,26)13-8-9-15(22)14(11-13)19-17(23)12-20(3)18(24)16-7-6-10-27-16/h6-11,22H,4-5,12H2,1-3H3,(H,19,23). The molecule has 0 saturated heterocycles. The molecular weight excluding hydrogens is 402 g/mol. The molecule has 1 heterocycles. The number of likely N-dealkylation sites (N-methyl/N-ethyl adjacent to an activating group) is 1. The number of carbonyl (C=O) groups excluding carboxylic acids is 2. The Balaban J connectivity index is 2.15. The zero-order valence-corrected chi connectivity index (χ0v) is 17.5. The Bertz CT molecular complexity index is 938. The maximum atomic E-state index is 12.6. The van der Waals surface area contributed by atoms with E-state index in [1.54, 1.807) is 31.4 Å². The highest BCUT2D eigenvalue weighted by molar-refractivity contribution is 7.89. The lowest BCUT2D eigenvalue weighted by Crippen LogP contribution is -2.34. The summed E-state index contributed by atoms with van der Waals surface area (Å²) < 4.78 is 26.5. The molecule has 0 aliphatic rings. The second-order valence-corrected chi connectivity index (χ2v) is 8.84. The second kappa shape index (κ2) is 9.18. The van der Waals surface area contributed by atoms with E-state index >= 15 is 0 Å². The lowest BCUT2D eigenvalue weighted by atomic mass is 10.3. The van der Waals surface area contributed by atoms with E-state index in [0.717, 1.165) is 0 Å². The number of thiophene rings is 1. The SMILES string of the molecule is CCN(CC)S(=O)(=O)c1ccc(O)c(NC(=O)CN(C)C(=O)c2cccs2)c1. The summed E-state index contributed by atoms with van der Waals surface area (Å²) in [5, 5.41) is 14.2. The van der Waals surface area contributed by atoms with Crippen LogP contribution in [0.5, 0.6) is 5.75 Å². The Morgan fingerprint density at radius 2 is 1.86 bits per heavy atom. The summed E-state index contributed by atoms with van der Waals surface area (Å²) in [6.45, 7) is 3.81. The predicted molar refractivity (Wildman–Crippen MR) is 108 cm³/mol. The molecule has 0 spiro atoms. The minimum atomic E-state index is -3.73. The van der Waals surface area contributed by atoms with Crippen LogP contribution in [0.4, 0.5) is 5.69 Å². The number of nitrogens with zero attached hydrogens (tertiary/aromatic N) is 2. The third-order valence-corrected chi connectivity index (χ3v) is 6.95. The number of sulfonamides is 1. The van der Waals surface area contributed by atoms with Gasteiger partial charge in [-0.05, 0) is 29.6 Å². The Morgan fingerprint density at radius 3 is 2.43 bits per heavy atom. The second-order valence-electron chi connectivity index (χ2n) is 5.95. The van der Waals surface area contributed by atoms with Crippen LogP contribution in [-0.2, 0) is 14.8 Å². The summed E-state index contributed by atoms with van der Waals surface area (Å²) in [5.74, 6) is -1.12. The van der Waals surface area contributed by atoms with Gasteiger partial charge in [0.05, 0.1) is 22.0 Å². The van der Waals surface area contributed by atoms with Crippen molar-refractivity contribution >= 4 is 38.9 Å². The van der Waals surface area contributed by atoms with Crippen LogP contribution in [0, 0.1) is 0 Å². The van der Waals surface area contributed by atoms with Crippen molar-refractivity contribution in [1.82, 2.24) is 9.21 Å². The number of aromatic hydroxyl groups is 1. The monoisotopic (exact) mass is 425 g/mol. The van der Waals surface area contributed by atoms with E-state index < -0.39 is 15.9 Å². The molecule has 0 fully saturated rings. The third kappa shape index (κ3) is 4.89.